The third-order valence-corrected chi connectivity index (χ3v) is 11.4. The highest BCUT2D eigenvalue weighted by molar-refractivity contribution is 8.13. The summed E-state index contributed by atoms with van der Waals surface area (Å²) in [7, 11) is -1.93. The Morgan fingerprint density at radius 2 is 1.27 bits per heavy atom. The highest BCUT2D eigenvalue weighted by Gasteiger charge is 2.23. The predicted molar refractivity (Wildman–Crippen MR) is 194 cm³/mol. The van der Waals surface area contributed by atoms with E-state index < -0.39 is 19.1 Å². The van der Waals surface area contributed by atoms with E-state index in [0.717, 1.165) is 47.3 Å². The summed E-state index contributed by atoms with van der Waals surface area (Å²) < 4.78 is 54.6. The fraction of sp³-hybridized carbons (Fsp3) is 0.297. The van der Waals surface area contributed by atoms with E-state index in [4.69, 9.17) is 15.4 Å². The van der Waals surface area contributed by atoms with Crippen LogP contribution >= 0.6 is 10.7 Å². The molecule has 254 valence electrons. The Morgan fingerprint density at radius 3 is 1.79 bits per heavy atom. The second kappa shape index (κ2) is 16.0. The van der Waals surface area contributed by atoms with Gasteiger partial charge in [0.15, 0.2) is 0 Å². The summed E-state index contributed by atoms with van der Waals surface area (Å²) in [6.07, 6.45) is 16.5. The Balaban J connectivity index is 0.000000163. The van der Waals surface area contributed by atoms with E-state index in [1.54, 1.807) is 44.6 Å². The minimum Gasteiger partial charge on any atom is -0.381 e. The summed E-state index contributed by atoms with van der Waals surface area (Å²) in [4.78, 5) is 8.64. The maximum absolute atomic E-state index is 13.0. The third kappa shape index (κ3) is 9.19. The number of allylic oxidation sites excluding steroid dienone is 1. The minimum atomic E-state index is -3.61. The summed E-state index contributed by atoms with van der Waals surface area (Å²) in [5.41, 5.74) is 8.35. The van der Waals surface area contributed by atoms with Crippen molar-refractivity contribution in [2.75, 3.05) is 13.2 Å². The lowest BCUT2D eigenvalue weighted by Crippen LogP contribution is -2.15. The molecule has 0 amide bonds. The van der Waals surface area contributed by atoms with E-state index in [2.05, 4.69) is 28.2 Å². The van der Waals surface area contributed by atoms with Crippen LogP contribution in [0.15, 0.2) is 89.3 Å². The predicted octanol–water partition coefficient (Wildman–Crippen LogP) is 8.19. The maximum atomic E-state index is 13.0. The van der Waals surface area contributed by atoms with Crippen molar-refractivity contribution in [1.29, 1.82) is 0 Å². The number of rotatable bonds is 3. The average Bonchev–Trinajstić information content (AvgIpc) is 3.79. The van der Waals surface area contributed by atoms with Gasteiger partial charge in [-0.2, -0.15) is 0 Å². The second-order valence-electron chi connectivity index (χ2n) is 11.9. The first-order valence-electron chi connectivity index (χ1n) is 15.6. The number of fused-ring (bicyclic) bond motifs is 2. The van der Waals surface area contributed by atoms with Crippen molar-refractivity contribution in [3.8, 4) is 0 Å². The molecular weight excluding hydrogens is 666 g/mol. The van der Waals surface area contributed by atoms with Gasteiger partial charge >= 0.3 is 0 Å². The number of aromatic nitrogens is 3. The van der Waals surface area contributed by atoms with E-state index in [0.29, 0.717) is 21.5 Å². The number of pyridine rings is 2. The second-order valence-corrected chi connectivity index (χ2v) is 16.2. The molecule has 11 heteroatoms. The Morgan fingerprint density at radius 1 is 0.729 bits per heavy atom. The first kappa shape index (κ1) is 37.0. The number of hydrogen-bond donors (Lipinski definition) is 0. The Labute approximate surface area is 289 Å². The smallest absolute Gasteiger partial charge is 0.268 e. The zero-order chi connectivity index (χ0) is 35.1. The number of halogens is 1. The minimum absolute atomic E-state index is 0.236. The summed E-state index contributed by atoms with van der Waals surface area (Å²) in [6.45, 7) is 13.0. The van der Waals surface area contributed by atoms with Crippen LogP contribution < -0.4 is 0 Å². The van der Waals surface area contributed by atoms with Crippen molar-refractivity contribution >= 4 is 46.7 Å². The van der Waals surface area contributed by atoms with Crippen LogP contribution in [-0.4, -0.2) is 44.0 Å². The van der Waals surface area contributed by atoms with Crippen LogP contribution in [0.1, 0.15) is 57.3 Å². The molecule has 0 spiro atoms. The van der Waals surface area contributed by atoms with Gasteiger partial charge in [-0.3, -0.25) is 9.97 Å². The molecule has 0 bridgehead atoms. The molecule has 0 N–H and O–H groups in total. The van der Waals surface area contributed by atoms with Crippen LogP contribution in [0.25, 0.3) is 17.0 Å². The Bertz CT molecular complexity index is 2100. The molecule has 1 fully saturated rings. The largest absolute Gasteiger partial charge is 0.381 e. The maximum Gasteiger partial charge on any atom is 0.268 e. The molecule has 0 saturated carbocycles. The highest BCUT2D eigenvalue weighted by Crippen LogP contribution is 2.27. The molecule has 7 rings (SSSR count). The Hall–Kier alpha value is -3.83. The van der Waals surface area contributed by atoms with Gasteiger partial charge in [0.25, 0.3) is 19.1 Å². The van der Waals surface area contributed by atoms with Gasteiger partial charge in [-0.05, 0) is 112 Å². The lowest BCUT2D eigenvalue weighted by Gasteiger charge is -2.13. The topological polar surface area (TPSA) is 108 Å². The highest BCUT2D eigenvalue weighted by atomic mass is 35.7. The van der Waals surface area contributed by atoms with E-state index in [9.17, 15) is 16.8 Å². The molecular formula is C37H42ClN3O5S2. The van der Waals surface area contributed by atoms with Crippen molar-refractivity contribution in [3.05, 3.63) is 124 Å². The van der Waals surface area contributed by atoms with Gasteiger partial charge < -0.3 is 4.74 Å². The molecule has 3 aromatic heterocycles. The fourth-order valence-corrected chi connectivity index (χ4v) is 9.38. The van der Waals surface area contributed by atoms with Crippen LogP contribution in [0.4, 0.5) is 0 Å². The first-order valence-corrected chi connectivity index (χ1v) is 19.4. The third-order valence-electron chi connectivity index (χ3n) is 7.83. The van der Waals surface area contributed by atoms with Crippen LogP contribution in [0.5, 0.6) is 0 Å². The number of hydrogen-bond acceptors (Lipinski definition) is 7. The zero-order valence-electron chi connectivity index (χ0n) is 28.2. The van der Waals surface area contributed by atoms with E-state index in [1.807, 2.05) is 64.4 Å². The Kier molecular flexibility index (Phi) is 12.4. The molecule has 48 heavy (non-hydrogen) atoms. The van der Waals surface area contributed by atoms with Gasteiger partial charge in [0.1, 0.15) is 0 Å². The lowest BCUT2D eigenvalue weighted by molar-refractivity contribution is 0.198. The van der Waals surface area contributed by atoms with Gasteiger partial charge in [-0.25, -0.2) is 20.8 Å². The molecule has 0 radical (unpaired) electrons. The van der Waals surface area contributed by atoms with Gasteiger partial charge in [0, 0.05) is 60.3 Å². The standard InChI is InChI=1S/C16H16N2O2S.C9H11ClO2S.C8H7N.C4H8O/c1-11-8-12(2)16(13(3)9-11)21(19,20)18-7-5-14-10-17-6-4-15(14)18;1-6-4-7(2)9(8(3)5-6)13(10,11)12;1-2-7-4-5-9-6-8(7)3-1;1-2-4-5-3-1/h4-10H,1-3H3;4-5H,1-3H3;1,3-6H,2H2;1-4H2. The molecule has 8 nitrogen and oxygen atoms in total. The van der Waals surface area contributed by atoms with Crippen LogP contribution in [-0.2, 0) is 30.2 Å². The summed E-state index contributed by atoms with van der Waals surface area (Å²) in [6, 6.07) is 12.9. The fourth-order valence-electron chi connectivity index (χ4n) is 5.98. The summed E-state index contributed by atoms with van der Waals surface area (Å²) in [5, 5.41) is 0.809. The van der Waals surface area contributed by atoms with Crippen molar-refractivity contribution < 1.29 is 21.6 Å². The van der Waals surface area contributed by atoms with Crippen molar-refractivity contribution in [3.63, 3.8) is 0 Å². The van der Waals surface area contributed by atoms with E-state index in [-0.39, 0.29) is 4.90 Å². The number of benzene rings is 2. The molecule has 2 aromatic carbocycles. The lowest BCUT2D eigenvalue weighted by atomic mass is 10.1. The van der Waals surface area contributed by atoms with Gasteiger partial charge in [0.2, 0.25) is 0 Å². The van der Waals surface area contributed by atoms with Gasteiger partial charge in [-0.1, -0.05) is 47.5 Å². The monoisotopic (exact) mass is 707 g/mol. The molecule has 1 aliphatic carbocycles. The van der Waals surface area contributed by atoms with Crippen molar-refractivity contribution in [1.82, 2.24) is 13.9 Å². The molecule has 0 unspecified atom stereocenters. The van der Waals surface area contributed by atoms with Gasteiger partial charge in [-0.15, -0.1) is 0 Å². The SMILES string of the molecule is C1=Cc2cnccc2C1.C1CCOC1.Cc1cc(C)c(S(=O)(=O)Cl)c(C)c1.Cc1cc(C)c(S(=O)(=O)n2ccc3cnccc32)c(C)c1. The van der Waals surface area contributed by atoms with E-state index >= 15 is 0 Å². The zero-order valence-corrected chi connectivity index (χ0v) is 30.6. The van der Waals surface area contributed by atoms with Crippen LogP contribution in [0, 0.1) is 41.5 Å². The molecule has 1 aliphatic heterocycles. The number of aryl methyl sites for hydroxylation is 6. The van der Waals surface area contributed by atoms with Gasteiger partial charge in [0.05, 0.1) is 15.3 Å². The summed E-state index contributed by atoms with van der Waals surface area (Å²) in [5.74, 6) is 0. The molecule has 1 saturated heterocycles. The number of nitrogens with zero attached hydrogens (tertiary/aromatic N) is 3. The molecule has 2 aliphatic rings. The quantitative estimate of drug-likeness (QED) is 0.174. The normalized spacial score (nSPS) is 13.5. The molecule has 4 heterocycles. The first-order chi connectivity index (χ1) is 22.7. The summed E-state index contributed by atoms with van der Waals surface area (Å²) >= 11 is 0. The molecule has 5 aromatic rings. The average molecular weight is 708 g/mol. The van der Waals surface area contributed by atoms with Crippen LogP contribution in [0.2, 0.25) is 0 Å². The number of ether oxygens (including phenoxy) is 1. The van der Waals surface area contributed by atoms with Crippen molar-refractivity contribution in [2.24, 2.45) is 0 Å². The van der Waals surface area contributed by atoms with E-state index in [1.165, 1.54) is 27.9 Å². The molecule has 0 atom stereocenters. The van der Waals surface area contributed by atoms with Crippen molar-refractivity contribution in [2.45, 2.75) is 70.6 Å². The van der Waals surface area contributed by atoms with Crippen LogP contribution in [0.3, 0.4) is 0 Å².